The van der Waals surface area contributed by atoms with Gasteiger partial charge in [-0.3, -0.25) is 14.4 Å². The molecule has 1 heterocycles. The number of benzene rings is 3. The molecule has 3 amide bonds. The Balaban J connectivity index is 1.40. The van der Waals surface area contributed by atoms with Gasteiger partial charge in [-0.05, 0) is 55.8 Å². The van der Waals surface area contributed by atoms with Crippen LogP contribution in [0.4, 0.5) is 11.4 Å². The highest BCUT2D eigenvalue weighted by molar-refractivity contribution is 8.00. The topological polar surface area (TPSA) is 90.9 Å². The van der Waals surface area contributed by atoms with E-state index in [-0.39, 0.29) is 29.4 Å². The van der Waals surface area contributed by atoms with Crippen LogP contribution >= 0.6 is 11.8 Å². The number of para-hydroxylation sites is 1. The van der Waals surface area contributed by atoms with E-state index in [1.54, 1.807) is 18.2 Å². The Kier molecular flexibility index (Phi) is 7.62. The molecule has 7 nitrogen and oxygen atoms in total. The number of amides is 3. The second-order valence-electron chi connectivity index (χ2n) is 8.12. The molecule has 0 aromatic heterocycles. The van der Waals surface area contributed by atoms with Gasteiger partial charge in [0.05, 0.1) is 17.4 Å². The molecule has 1 unspecified atom stereocenters. The molecule has 0 fully saturated rings. The summed E-state index contributed by atoms with van der Waals surface area (Å²) >= 11 is 1.40. The molecule has 35 heavy (non-hydrogen) atoms. The lowest BCUT2D eigenvalue weighted by atomic mass is 10.1. The van der Waals surface area contributed by atoms with E-state index in [4.69, 9.17) is 0 Å². The minimum atomic E-state index is -0.388. The van der Waals surface area contributed by atoms with Gasteiger partial charge in [-0.2, -0.15) is 10.1 Å². The SMILES string of the molecule is CCC(Sc1cccc(NC(=O)c2cccc(C)c2)c1)C(=O)NC1=NN(c2ccccc2)C(=O)C1. The average Bonchev–Trinajstić information content (AvgIpc) is 3.23. The van der Waals surface area contributed by atoms with Crippen molar-refractivity contribution in [1.82, 2.24) is 5.32 Å². The fourth-order valence-corrected chi connectivity index (χ4v) is 4.63. The Labute approximate surface area is 208 Å². The van der Waals surface area contributed by atoms with Crippen molar-refractivity contribution in [3.8, 4) is 0 Å². The molecule has 3 aromatic carbocycles. The number of aryl methyl sites for hydroxylation is 1. The van der Waals surface area contributed by atoms with Crippen molar-refractivity contribution in [3.05, 3.63) is 90.0 Å². The second-order valence-corrected chi connectivity index (χ2v) is 9.40. The molecule has 2 N–H and O–H groups in total. The predicted molar refractivity (Wildman–Crippen MR) is 140 cm³/mol. The molecule has 0 saturated heterocycles. The lowest BCUT2D eigenvalue weighted by Gasteiger charge is -2.15. The number of carbonyl (C=O) groups is 3. The number of hydrogen-bond donors (Lipinski definition) is 2. The zero-order valence-corrected chi connectivity index (χ0v) is 20.3. The van der Waals surface area contributed by atoms with Gasteiger partial charge in [0.15, 0.2) is 0 Å². The van der Waals surface area contributed by atoms with Gasteiger partial charge in [0.25, 0.3) is 11.8 Å². The summed E-state index contributed by atoms with van der Waals surface area (Å²) in [5.74, 6) is -0.257. The maximum atomic E-state index is 13.0. The smallest absolute Gasteiger partial charge is 0.255 e. The summed E-state index contributed by atoms with van der Waals surface area (Å²) in [5, 5.41) is 10.9. The third-order valence-electron chi connectivity index (χ3n) is 5.36. The molecule has 178 valence electrons. The fourth-order valence-electron chi connectivity index (χ4n) is 3.62. The van der Waals surface area contributed by atoms with Crippen LogP contribution in [0.2, 0.25) is 0 Å². The Bertz CT molecular complexity index is 1280. The van der Waals surface area contributed by atoms with Gasteiger partial charge in [0.1, 0.15) is 5.84 Å². The van der Waals surface area contributed by atoms with Crippen LogP contribution in [0.5, 0.6) is 0 Å². The average molecular weight is 487 g/mol. The van der Waals surface area contributed by atoms with E-state index < -0.39 is 0 Å². The van der Waals surface area contributed by atoms with Crippen molar-refractivity contribution in [3.63, 3.8) is 0 Å². The van der Waals surface area contributed by atoms with Crippen LogP contribution in [-0.2, 0) is 9.59 Å². The maximum absolute atomic E-state index is 13.0. The van der Waals surface area contributed by atoms with Crippen LogP contribution in [-0.4, -0.2) is 28.8 Å². The highest BCUT2D eigenvalue weighted by Crippen LogP contribution is 2.28. The standard InChI is InChI=1S/C27H26N4O3S/c1-3-23(27(34)29-24-17-25(32)31(30-24)21-12-5-4-6-13-21)35-22-14-8-11-20(16-22)28-26(33)19-10-7-9-18(2)15-19/h4-16,23H,3,17H2,1-2H3,(H,28,33)(H,29,30,34). The highest BCUT2D eigenvalue weighted by atomic mass is 32.2. The summed E-state index contributed by atoms with van der Waals surface area (Å²) in [6.07, 6.45) is 0.627. The van der Waals surface area contributed by atoms with Gasteiger partial charge in [-0.1, -0.05) is 48.9 Å². The third kappa shape index (κ3) is 6.16. The summed E-state index contributed by atoms with van der Waals surface area (Å²) in [4.78, 5) is 38.8. The second kappa shape index (κ2) is 11.0. The first-order valence-corrected chi connectivity index (χ1v) is 12.2. The van der Waals surface area contributed by atoms with Crippen LogP contribution in [0.1, 0.15) is 35.7 Å². The number of thioether (sulfide) groups is 1. The first kappa shape index (κ1) is 24.2. The van der Waals surface area contributed by atoms with Crippen molar-refractivity contribution in [2.75, 3.05) is 10.3 Å². The van der Waals surface area contributed by atoms with Crippen molar-refractivity contribution in [2.45, 2.75) is 36.8 Å². The molecule has 0 spiro atoms. The Morgan fingerprint density at radius 3 is 2.51 bits per heavy atom. The molecule has 3 aromatic rings. The summed E-state index contributed by atoms with van der Waals surface area (Å²) in [6, 6.07) is 23.9. The van der Waals surface area contributed by atoms with E-state index >= 15 is 0 Å². The van der Waals surface area contributed by atoms with E-state index in [0.717, 1.165) is 10.5 Å². The predicted octanol–water partition coefficient (Wildman–Crippen LogP) is 4.98. The van der Waals surface area contributed by atoms with E-state index in [1.165, 1.54) is 16.8 Å². The van der Waals surface area contributed by atoms with Crippen molar-refractivity contribution in [2.24, 2.45) is 5.10 Å². The summed E-state index contributed by atoms with van der Waals surface area (Å²) in [5.41, 5.74) is 2.92. The number of rotatable bonds is 7. The number of amidine groups is 1. The number of hydrazone groups is 1. The first-order valence-electron chi connectivity index (χ1n) is 11.3. The van der Waals surface area contributed by atoms with Crippen molar-refractivity contribution >= 4 is 46.7 Å². The lowest BCUT2D eigenvalue weighted by Crippen LogP contribution is -2.36. The Morgan fingerprint density at radius 1 is 1.00 bits per heavy atom. The minimum absolute atomic E-state index is 0.0439. The van der Waals surface area contributed by atoms with Gasteiger partial charge in [0, 0.05) is 16.1 Å². The van der Waals surface area contributed by atoms with Crippen molar-refractivity contribution in [1.29, 1.82) is 0 Å². The van der Waals surface area contributed by atoms with Gasteiger partial charge in [0.2, 0.25) is 5.91 Å². The Morgan fingerprint density at radius 2 is 1.77 bits per heavy atom. The molecule has 4 rings (SSSR count). The summed E-state index contributed by atoms with van der Waals surface area (Å²) in [6.45, 7) is 3.87. The first-order chi connectivity index (χ1) is 16.9. The molecule has 1 aliphatic rings. The van der Waals surface area contributed by atoms with Crippen molar-refractivity contribution < 1.29 is 14.4 Å². The summed E-state index contributed by atoms with van der Waals surface area (Å²) in [7, 11) is 0. The molecular formula is C27H26N4O3S. The van der Waals surface area contributed by atoms with E-state index in [1.807, 2.05) is 74.5 Å². The molecular weight excluding hydrogens is 460 g/mol. The van der Waals surface area contributed by atoms with Gasteiger partial charge in [-0.25, -0.2) is 0 Å². The largest absolute Gasteiger partial charge is 0.322 e. The van der Waals surface area contributed by atoms with Gasteiger partial charge >= 0.3 is 0 Å². The number of nitrogens with zero attached hydrogens (tertiary/aromatic N) is 2. The molecule has 0 bridgehead atoms. The number of nitrogens with one attached hydrogen (secondary N) is 2. The lowest BCUT2D eigenvalue weighted by molar-refractivity contribution is -0.119. The fraction of sp³-hybridized carbons (Fsp3) is 0.185. The maximum Gasteiger partial charge on any atom is 0.255 e. The molecule has 1 atom stereocenters. The zero-order chi connectivity index (χ0) is 24.8. The van der Waals surface area contributed by atoms with Gasteiger partial charge in [-0.15, -0.1) is 11.8 Å². The molecule has 0 saturated carbocycles. The zero-order valence-electron chi connectivity index (χ0n) is 19.5. The van der Waals surface area contributed by atoms with E-state index in [2.05, 4.69) is 15.7 Å². The molecule has 0 aliphatic carbocycles. The number of anilines is 2. The number of hydrogen-bond acceptors (Lipinski definition) is 5. The van der Waals surface area contributed by atoms with E-state index in [0.29, 0.717) is 29.2 Å². The van der Waals surface area contributed by atoms with Crippen LogP contribution in [0.3, 0.4) is 0 Å². The minimum Gasteiger partial charge on any atom is -0.322 e. The van der Waals surface area contributed by atoms with Crippen LogP contribution < -0.4 is 15.6 Å². The normalized spacial score (nSPS) is 13.8. The van der Waals surface area contributed by atoms with Gasteiger partial charge < -0.3 is 10.6 Å². The molecule has 8 heteroatoms. The van der Waals surface area contributed by atoms with Crippen LogP contribution in [0.15, 0.2) is 88.9 Å². The quantitative estimate of drug-likeness (QED) is 0.461. The summed E-state index contributed by atoms with van der Waals surface area (Å²) < 4.78 is 0. The van der Waals surface area contributed by atoms with Crippen LogP contribution in [0.25, 0.3) is 0 Å². The third-order valence-corrected chi connectivity index (χ3v) is 6.72. The monoisotopic (exact) mass is 486 g/mol. The van der Waals surface area contributed by atoms with Crippen LogP contribution in [0, 0.1) is 6.92 Å². The molecule has 0 radical (unpaired) electrons. The Hall–Kier alpha value is -3.91. The van der Waals surface area contributed by atoms with E-state index in [9.17, 15) is 14.4 Å². The number of carbonyl (C=O) groups excluding carboxylic acids is 3. The molecule has 1 aliphatic heterocycles. The highest BCUT2D eigenvalue weighted by Gasteiger charge is 2.28.